The van der Waals surface area contributed by atoms with Gasteiger partial charge in [-0.3, -0.25) is 14.2 Å². The van der Waals surface area contributed by atoms with Gasteiger partial charge in [0.25, 0.3) is 5.91 Å². The molecule has 0 spiro atoms. The van der Waals surface area contributed by atoms with Crippen molar-refractivity contribution in [3.05, 3.63) is 108 Å². The summed E-state index contributed by atoms with van der Waals surface area (Å²) in [7, 11) is 0. The maximum atomic E-state index is 13.2. The summed E-state index contributed by atoms with van der Waals surface area (Å²) in [5, 5.41) is 16.6. The average molecular weight is 556 g/mol. The minimum absolute atomic E-state index is 0.0505. The molecule has 2 amide bonds. The molecule has 0 aliphatic carbocycles. The molecule has 202 valence electrons. The first-order chi connectivity index (χ1) is 19.5. The van der Waals surface area contributed by atoms with Crippen LogP contribution in [0.1, 0.15) is 23.1 Å². The van der Waals surface area contributed by atoms with Gasteiger partial charge in [-0.05, 0) is 72.3 Å². The number of nitrogens with zero attached hydrogens (tertiary/aromatic N) is 3. The Labute approximate surface area is 234 Å². The summed E-state index contributed by atoms with van der Waals surface area (Å²) < 4.78 is 20.5. The molecule has 0 unspecified atom stereocenters. The normalized spacial score (nSPS) is 10.8. The van der Waals surface area contributed by atoms with Gasteiger partial charge >= 0.3 is 0 Å². The van der Waals surface area contributed by atoms with Crippen LogP contribution < -0.4 is 15.4 Å². The third-order valence-corrected chi connectivity index (χ3v) is 6.94. The van der Waals surface area contributed by atoms with E-state index in [1.165, 1.54) is 36.0 Å². The number of fused-ring (bicyclic) bond motifs is 1. The Morgan fingerprint density at radius 1 is 0.925 bits per heavy atom. The number of carbonyl (C=O) groups is 2. The first-order valence-corrected chi connectivity index (χ1v) is 13.6. The molecule has 8 nitrogen and oxygen atoms in total. The second-order valence-corrected chi connectivity index (χ2v) is 9.66. The van der Waals surface area contributed by atoms with Crippen molar-refractivity contribution in [1.82, 2.24) is 20.1 Å². The van der Waals surface area contributed by atoms with Crippen LogP contribution in [-0.4, -0.2) is 38.9 Å². The molecular weight excluding hydrogens is 529 g/mol. The number of halogens is 1. The number of anilines is 1. The minimum Gasteiger partial charge on any atom is -0.494 e. The van der Waals surface area contributed by atoms with E-state index in [9.17, 15) is 14.0 Å². The van der Waals surface area contributed by atoms with Crippen molar-refractivity contribution in [1.29, 1.82) is 0 Å². The van der Waals surface area contributed by atoms with Gasteiger partial charge in [0, 0.05) is 16.9 Å². The fraction of sp³-hybridized carbons (Fsp3) is 0.133. The molecule has 1 heterocycles. The summed E-state index contributed by atoms with van der Waals surface area (Å²) in [6.07, 6.45) is 0. The van der Waals surface area contributed by atoms with Crippen molar-refractivity contribution in [2.45, 2.75) is 18.6 Å². The van der Waals surface area contributed by atoms with E-state index in [1.807, 2.05) is 67.6 Å². The highest BCUT2D eigenvalue weighted by atomic mass is 32.2. The van der Waals surface area contributed by atoms with Gasteiger partial charge in [0.15, 0.2) is 11.0 Å². The molecule has 5 aromatic rings. The number of carbonyl (C=O) groups excluding carboxylic acids is 2. The van der Waals surface area contributed by atoms with Crippen LogP contribution in [0.5, 0.6) is 5.75 Å². The van der Waals surface area contributed by atoms with Crippen LogP contribution in [0.15, 0.2) is 96.2 Å². The second kappa shape index (κ2) is 12.4. The Kier molecular flexibility index (Phi) is 8.36. The minimum atomic E-state index is -0.379. The predicted molar refractivity (Wildman–Crippen MR) is 153 cm³/mol. The van der Waals surface area contributed by atoms with Crippen molar-refractivity contribution < 1.29 is 18.7 Å². The lowest BCUT2D eigenvalue weighted by molar-refractivity contribution is -0.113. The Morgan fingerprint density at radius 2 is 1.68 bits per heavy atom. The average Bonchev–Trinajstić information content (AvgIpc) is 3.39. The van der Waals surface area contributed by atoms with Gasteiger partial charge in [-0.25, -0.2) is 4.39 Å². The largest absolute Gasteiger partial charge is 0.494 e. The molecule has 0 aliphatic rings. The van der Waals surface area contributed by atoms with Gasteiger partial charge in [0.1, 0.15) is 11.6 Å². The SMILES string of the molecule is CCOc1ccc(-n2c(CNC(=O)c3cccc4ccccc34)nnc2SCC(=O)Nc2ccc(F)cc2)cc1. The zero-order valence-corrected chi connectivity index (χ0v) is 22.5. The Morgan fingerprint density at radius 3 is 2.45 bits per heavy atom. The highest BCUT2D eigenvalue weighted by Gasteiger charge is 2.18. The van der Waals surface area contributed by atoms with E-state index < -0.39 is 0 Å². The molecule has 4 aromatic carbocycles. The first kappa shape index (κ1) is 26.9. The fourth-order valence-corrected chi connectivity index (χ4v) is 4.93. The van der Waals surface area contributed by atoms with E-state index >= 15 is 0 Å². The van der Waals surface area contributed by atoms with E-state index in [1.54, 1.807) is 10.6 Å². The number of hydrogen-bond acceptors (Lipinski definition) is 6. The monoisotopic (exact) mass is 555 g/mol. The van der Waals surface area contributed by atoms with Gasteiger partial charge in [-0.2, -0.15) is 0 Å². The summed E-state index contributed by atoms with van der Waals surface area (Å²) in [6, 6.07) is 26.3. The number of nitrogens with one attached hydrogen (secondary N) is 2. The van der Waals surface area contributed by atoms with E-state index in [0.29, 0.717) is 28.8 Å². The van der Waals surface area contributed by atoms with Gasteiger partial charge in [-0.1, -0.05) is 48.2 Å². The molecule has 0 fully saturated rings. The molecule has 2 N–H and O–H groups in total. The first-order valence-electron chi connectivity index (χ1n) is 12.6. The molecule has 0 aliphatic heterocycles. The summed E-state index contributed by atoms with van der Waals surface area (Å²) in [5.41, 5.74) is 1.82. The molecule has 0 radical (unpaired) electrons. The Hall–Kier alpha value is -4.70. The molecular formula is C30H26FN5O3S. The molecule has 40 heavy (non-hydrogen) atoms. The zero-order chi connectivity index (χ0) is 27.9. The van der Waals surface area contributed by atoms with Crippen LogP contribution in [0.25, 0.3) is 16.5 Å². The third-order valence-electron chi connectivity index (χ3n) is 6.01. The molecule has 10 heteroatoms. The summed E-state index contributed by atoms with van der Waals surface area (Å²) in [5.74, 6) is 0.386. The van der Waals surface area contributed by atoms with Gasteiger partial charge in [0.2, 0.25) is 5.91 Å². The molecule has 0 saturated heterocycles. The van der Waals surface area contributed by atoms with E-state index in [4.69, 9.17) is 4.74 Å². The van der Waals surface area contributed by atoms with Gasteiger partial charge in [-0.15, -0.1) is 10.2 Å². The van der Waals surface area contributed by atoms with Crippen molar-refractivity contribution in [2.24, 2.45) is 0 Å². The second-order valence-electron chi connectivity index (χ2n) is 8.71. The van der Waals surface area contributed by atoms with Gasteiger partial charge in [0.05, 0.1) is 18.9 Å². The lowest BCUT2D eigenvalue weighted by atomic mass is 10.0. The topological polar surface area (TPSA) is 98.1 Å². The number of ether oxygens (including phenoxy) is 1. The Balaban J connectivity index is 1.35. The predicted octanol–water partition coefficient (Wildman–Crippen LogP) is 5.62. The van der Waals surface area contributed by atoms with Crippen molar-refractivity contribution in [2.75, 3.05) is 17.7 Å². The number of amides is 2. The number of rotatable bonds is 10. The van der Waals surface area contributed by atoms with Crippen LogP contribution in [0.4, 0.5) is 10.1 Å². The van der Waals surface area contributed by atoms with Crippen molar-refractivity contribution in [3.8, 4) is 11.4 Å². The third kappa shape index (κ3) is 6.29. The van der Waals surface area contributed by atoms with Crippen LogP contribution >= 0.6 is 11.8 Å². The summed E-state index contributed by atoms with van der Waals surface area (Å²) >= 11 is 1.20. The smallest absolute Gasteiger partial charge is 0.252 e. The number of aromatic nitrogens is 3. The number of thioether (sulfide) groups is 1. The molecule has 0 saturated carbocycles. The van der Waals surface area contributed by atoms with Crippen LogP contribution in [0.3, 0.4) is 0 Å². The standard InChI is InChI=1S/C30H26FN5O3S/c1-2-39-24-16-14-23(15-17-24)36-27(18-32-29(38)26-9-5-7-20-6-3-4-8-25(20)26)34-35-30(36)40-19-28(37)33-22-12-10-21(31)11-13-22/h3-17H,2,18-19H2,1H3,(H,32,38)(H,33,37). The zero-order valence-electron chi connectivity index (χ0n) is 21.6. The summed E-state index contributed by atoms with van der Waals surface area (Å²) in [6.45, 7) is 2.57. The Bertz CT molecular complexity index is 1630. The van der Waals surface area contributed by atoms with Crippen molar-refractivity contribution >= 4 is 40.0 Å². The molecule has 0 atom stereocenters. The highest BCUT2D eigenvalue weighted by Crippen LogP contribution is 2.25. The van der Waals surface area contributed by atoms with E-state index in [-0.39, 0.29) is 29.9 Å². The fourth-order valence-electron chi connectivity index (χ4n) is 4.16. The maximum absolute atomic E-state index is 13.2. The molecule has 5 rings (SSSR count). The van der Waals surface area contributed by atoms with Crippen LogP contribution in [-0.2, 0) is 11.3 Å². The quantitative estimate of drug-likeness (QED) is 0.217. The highest BCUT2D eigenvalue weighted by molar-refractivity contribution is 7.99. The van der Waals surface area contributed by atoms with E-state index in [0.717, 1.165) is 22.2 Å². The maximum Gasteiger partial charge on any atom is 0.252 e. The van der Waals surface area contributed by atoms with Crippen molar-refractivity contribution in [3.63, 3.8) is 0 Å². The van der Waals surface area contributed by atoms with E-state index in [2.05, 4.69) is 20.8 Å². The lowest BCUT2D eigenvalue weighted by Gasteiger charge is -2.12. The molecule has 0 bridgehead atoms. The van der Waals surface area contributed by atoms with Crippen LogP contribution in [0, 0.1) is 5.82 Å². The number of benzene rings is 4. The number of hydrogen-bond donors (Lipinski definition) is 2. The van der Waals surface area contributed by atoms with Gasteiger partial charge < -0.3 is 15.4 Å². The lowest BCUT2D eigenvalue weighted by Crippen LogP contribution is -2.25. The molecule has 1 aromatic heterocycles. The summed E-state index contributed by atoms with van der Waals surface area (Å²) in [4.78, 5) is 25.7. The van der Waals surface area contributed by atoms with Crippen LogP contribution in [0.2, 0.25) is 0 Å².